The first-order valence-electron chi connectivity index (χ1n) is 3.38. The molecule has 0 aliphatic rings. The lowest BCUT2D eigenvalue weighted by molar-refractivity contribution is -0.138. The Morgan fingerprint density at radius 3 is 2.50 bits per heavy atom. The number of hydrogen-bond donors (Lipinski definition) is 0. The van der Waals surface area contributed by atoms with Gasteiger partial charge < -0.3 is 4.74 Å². The highest BCUT2D eigenvalue weighted by atomic mass is 35.5. The van der Waals surface area contributed by atoms with Gasteiger partial charge in [0, 0.05) is 5.02 Å². The van der Waals surface area contributed by atoms with Gasteiger partial charge in [0.05, 0.1) is 0 Å². The van der Waals surface area contributed by atoms with E-state index in [4.69, 9.17) is 16.9 Å². The largest absolute Gasteiger partial charge is 0.420 e. The number of nitrogens with zero attached hydrogens (tertiary/aromatic N) is 1. The van der Waals surface area contributed by atoms with Crippen molar-refractivity contribution >= 4 is 11.6 Å². The van der Waals surface area contributed by atoms with E-state index in [1.165, 1.54) is 12.3 Å². The van der Waals surface area contributed by atoms with Crippen molar-refractivity contribution in [1.82, 2.24) is 0 Å². The molecule has 0 amide bonds. The average Bonchev–Trinajstić information content (AvgIpc) is 2.07. The molecule has 0 aliphatic carbocycles. The molecule has 0 bridgehead atoms. The van der Waals surface area contributed by atoms with Crippen LogP contribution in [-0.2, 0) is 6.18 Å². The van der Waals surface area contributed by atoms with Crippen LogP contribution in [0.2, 0.25) is 5.02 Å². The van der Waals surface area contributed by atoms with E-state index in [0.717, 1.165) is 6.07 Å². The lowest BCUT2D eigenvalue weighted by Gasteiger charge is -2.09. The highest BCUT2D eigenvalue weighted by Crippen LogP contribution is 2.37. The molecule has 0 radical (unpaired) electrons. The van der Waals surface area contributed by atoms with Crippen LogP contribution in [0.5, 0.6) is 5.75 Å². The van der Waals surface area contributed by atoms with Crippen LogP contribution in [0.15, 0.2) is 18.2 Å². The maximum atomic E-state index is 12.3. The van der Waals surface area contributed by atoms with E-state index < -0.39 is 17.5 Å². The third kappa shape index (κ3) is 2.30. The number of nitriles is 1. The lowest BCUT2D eigenvalue weighted by atomic mass is 10.2. The van der Waals surface area contributed by atoms with E-state index in [0.29, 0.717) is 6.07 Å². The Labute approximate surface area is 82.5 Å². The first-order valence-corrected chi connectivity index (χ1v) is 3.75. The summed E-state index contributed by atoms with van der Waals surface area (Å²) in [6.07, 6.45) is -3.41. The Balaban J connectivity index is 3.24. The molecular weight excluding hydrogens is 219 g/mol. The monoisotopic (exact) mass is 221 g/mol. The van der Waals surface area contributed by atoms with Crippen molar-refractivity contribution in [2.24, 2.45) is 0 Å². The minimum atomic E-state index is -4.59. The standard InChI is InChI=1S/C8H3ClF3NO/c9-5-1-2-7(14-4-13)6(3-5)8(10,11)12/h1-3H. The normalized spacial score (nSPS) is 10.8. The number of ether oxygens (including phenoxy) is 1. The van der Waals surface area contributed by atoms with E-state index in [1.807, 2.05) is 0 Å². The predicted octanol–water partition coefficient (Wildman–Crippen LogP) is 3.22. The Morgan fingerprint density at radius 1 is 1.36 bits per heavy atom. The highest BCUT2D eigenvalue weighted by molar-refractivity contribution is 6.30. The first-order chi connectivity index (χ1) is 6.45. The third-order valence-electron chi connectivity index (χ3n) is 1.40. The van der Waals surface area contributed by atoms with Crippen LogP contribution < -0.4 is 4.74 Å². The zero-order valence-corrected chi connectivity index (χ0v) is 7.36. The van der Waals surface area contributed by atoms with E-state index in [2.05, 4.69) is 4.74 Å². The molecule has 0 atom stereocenters. The van der Waals surface area contributed by atoms with Crippen LogP contribution in [0.4, 0.5) is 13.2 Å². The molecule has 0 fully saturated rings. The van der Waals surface area contributed by atoms with Crippen LogP contribution in [0.3, 0.4) is 0 Å². The SMILES string of the molecule is N#COc1ccc(Cl)cc1C(F)(F)F. The van der Waals surface area contributed by atoms with E-state index in [-0.39, 0.29) is 5.02 Å². The van der Waals surface area contributed by atoms with Crippen LogP contribution >= 0.6 is 11.6 Å². The molecular formula is C8H3ClF3NO. The van der Waals surface area contributed by atoms with Gasteiger partial charge in [0.15, 0.2) is 5.75 Å². The average molecular weight is 222 g/mol. The molecule has 1 aromatic carbocycles. The summed E-state index contributed by atoms with van der Waals surface area (Å²) in [5.74, 6) is -0.551. The maximum Gasteiger partial charge on any atom is 0.420 e. The first kappa shape index (κ1) is 10.7. The molecule has 0 saturated heterocycles. The van der Waals surface area contributed by atoms with Gasteiger partial charge in [-0.3, -0.25) is 0 Å². The summed E-state index contributed by atoms with van der Waals surface area (Å²) in [6, 6.07) is 2.91. The fourth-order valence-corrected chi connectivity index (χ4v) is 1.03. The van der Waals surface area contributed by atoms with Crippen molar-refractivity contribution in [3.8, 4) is 12.0 Å². The molecule has 1 aromatic rings. The maximum absolute atomic E-state index is 12.3. The second-order valence-corrected chi connectivity index (χ2v) is 2.77. The van der Waals surface area contributed by atoms with Crippen LogP contribution in [0.25, 0.3) is 0 Å². The fraction of sp³-hybridized carbons (Fsp3) is 0.125. The Kier molecular flexibility index (Phi) is 2.87. The number of rotatable bonds is 1. The van der Waals surface area contributed by atoms with Crippen LogP contribution in [0, 0.1) is 11.5 Å². The summed E-state index contributed by atoms with van der Waals surface area (Å²) < 4.78 is 41.1. The van der Waals surface area contributed by atoms with Crippen molar-refractivity contribution in [2.45, 2.75) is 6.18 Å². The number of halogens is 4. The van der Waals surface area contributed by atoms with Gasteiger partial charge in [0.1, 0.15) is 5.56 Å². The van der Waals surface area contributed by atoms with Gasteiger partial charge in [-0.15, -0.1) is 5.26 Å². The predicted molar refractivity (Wildman–Crippen MR) is 42.7 cm³/mol. The zero-order chi connectivity index (χ0) is 10.8. The summed E-state index contributed by atoms with van der Waals surface area (Å²) >= 11 is 5.38. The molecule has 6 heteroatoms. The molecule has 0 aliphatic heterocycles. The summed E-state index contributed by atoms with van der Waals surface area (Å²) in [4.78, 5) is 0. The molecule has 14 heavy (non-hydrogen) atoms. The van der Waals surface area contributed by atoms with Crippen LogP contribution in [-0.4, -0.2) is 0 Å². The minimum Gasteiger partial charge on any atom is -0.387 e. The van der Waals surface area contributed by atoms with Crippen LogP contribution in [0.1, 0.15) is 5.56 Å². The van der Waals surface area contributed by atoms with Gasteiger partial charge in [-0.05, 0) is 18.2 Å². The van der Waals surface area contributed by atoms with Gasteiger partial charge in [-0.1, -0.05) is 11.6 Å². The molecule has 0 spiro atoms. The molecule has 0 saturated carbocycles. The van der Waals surface area contributed by atoms with Crippen molar-refractivity contribution in [2.75, 3.05) is 0 Å². The number of benzene rings is 1. The summed E-state index contributed by atoms with van der Waals surface area (Å²) in [5.41, 5.74) is -1.06. The zero-order valence-electron chi connectivity index (χ0n) is 6.60. The fourth-order valence-electron chi connectivity index (χ4n) is 0.862. The summed E-state index contributed by atoms with van der Waals surface area (Å²) in [6.45, 7) is 0. The highest BCUT2D eigenvalue weighted by Gasteiger charge is 2.34. The van der Waals surface area contributed by atoms with E-state index >= 15 is 0 Å². The Bertz CT molecular complexity index is 383. The lowest BCUT2D eigenvalue weighted by Crippen LogP contribution is -2.07. The molecule has 2 nitrogen and oxygen atoms in total. The molecule has 0 N–H and O–H groups in total. The van der Waals surface area contributed by atoms with Crippen molar-refractivity contribution in [3.05, 3.63) is 28.8 Å². The topological polar surface area (TPSA) is 33.0 Å². The second kappa shape index (κ2) is 3.76. The number of alkyl halides is 3. The Morgan fingerprint density at radius 2 is 2.00 bits per heavy atom. The van der Waals surface area contributed by atoms with Gasteiger partial charge in [0.25, 0.3) is 6.26 Å². The molecule has 1 rings (SSSR count). The Hall–Kier alpha value is -1.41. The minimum absolute atomic E-state index is 0.0670. The third-order valence-corrected chi connectivity index (χ3v) is 1.64. The van der Waals surface area contributed by atoms with Gasteiger partial charge >= 0.3 is 6.18 Å². The van der Waals surface area contributed by atoms with Gasteiger partial charge in [-0.25, -0.2) is 0 Å². The quantitative estimate of drug-likeness (QED) is 0.682. The molecule has 0 heterocycles. The van der Waals surface area contributed by atoms with Gasteiger partial charge in [0.2, 0.25) is 0 Å². The smallest absolute Gasteiger partial charge is 0.387 e. The van der Waals surface area contributed by atoms with E-state index in [9.17, 15) is 13.2 Å². The molecule has 74 valence electrons. The van der Waals surface area contributed by atoms with Crippen molar-refractivity contribution < 1.29 is 17.9 Å². The number of hydrogen-bond acceptors (Lipinski definition) is 2. The van der Waals surface area contributed by atoms with Gasteiger partial charge in [-0.2, -0.15) is 13.2 Å². The second-order valence-electron chi connectivity index (χ2n) is 2.33. The van der Waals surface area contributed by atoms with E-state index in [1.54, 1.807) is 0 Å². The van der Waals surface area contributed by atoms with Crippen molar-refractivity contribution in [3.63, 3.8) is 0 Å². The summed E-state index contributed by atoms with van der Waals surface area (Å²) in [7, 11) is 0. The van der Waals surface area contributed by atoms with Crippen molar-refractivity contribution in [1.29, 1.82) is 5.26 Å². The summed E-state index contributed by atoms with van der Waals surface area (Å²) in [5, 5.41) is 8.04. The molecule has 0 unspecified atom stereocenters. The molecule has 0 aromatic heterocycles.